The average Bonchev–Trinajstić information content (AvgIpc) is 3.16. The first kappa shape index (κ1) is 20.7. The highest BCUT2D eigenvalue weighted by Crippen LogP contribution is 2.20. The third-order valence-corrected chi connectivity index (χ3v) is 6.56. The van der Waals surface area contributed by atoms with Crippen molar-refractivity contribution in [1.29, 1.82) is 0 Å². The summed E-state index contributed by atoms with van der Waals surface area (Å²) < 4.78 is 42.5. The number of benzene rings is 2. The predicted molar refractivity (Wildman–Crippen MR) is 106 cm³/mol. The molecule has 0 unspecified atom stereocenters. The quantitative estimate of drug-likeness (QED) is 0.637. The van der Waals surface area contributed by atoms with Crippen molar-refractivity contribution in [1.82, 2.24) is 10.5 Å². The first-order valence-corrected chi connectivity index (χ1v) is 10.6. The van der Waals surface area contributed by atoms with Crippen LogP contribution >= 0.6 is 0 Å². The van der Waals surface area contributed by atoms with Gasteiger partial charge in [-0.3, -0.25) is 4.79 Å². The summed E-state index contributed by atoms with van der Waals surface area (Å²) in [6.45, 7) is 3.44. The van der Waals surface area contributed by atoms with Gasteiger partial charge >= 0.3 is 0 Å². The van der Waals surface area contributed by atoms with E-state index in [1.54, 1.807) is 44.2 Å². The lowest BCUT2D eigenvalue weighted by atomic mass is 10.1. The maximum atomic E-state index is 13.0. The van der Waals surface area contributed by atoms with Crippen LogP contribution in [-0.4, -0.2) is 24.7 Å². The largest absolute Gasteiger partial charge is 0.356 e. The summed E-state index contributed by atoms with van der Waals surface area (Å²) in [7, 11) is -3.33. The fourth-order valence-corrected chi connectivity index (χ4v) is 3.71. The van der Waals surface area contributed by atoms with Crippen molar-refractivity contribution in [2.45, 2.75) is 37.0 Å². The average molecular weight is 416 g/mol. The minimum atomic E-state index is -3.33. The summed E-state index contributed by atoms with van der Waals surface area (Å²) in [4.78, 5) is 12.4. The zero-order chi connectivity index (χ0) is 21.0. The first-order chi connectivity index (χ1) is 13.8. The SMILES string of the molecule is CC(C)S(=O)(=O)c1ccc(CC(=O)NCc2cc(-c3ccc(F)cc3)on2)cc1. The molecular weight excluding hydrogens is 395 g/mol. The van der Waals surface area contributed by atoms with Gasteiger partial charge in [-0.1, -0.05) is 17.3 Å². The molecular formula is C21H21FN2O4S. The molecule has 6 nitrogen and oxygen atoms in total. The van der Waals surface area contributed by atoms with E-state index in [-0.39, 0.29) is 29.6 Å². The van der Waals surface area contributed by atoms with Crippen LogP contribution in [0.2, 0.25) is 0 Å². The number of sulfone groups is 1. The number of nitrogens with one attached hydrogen (secondary N) is 1. The third kappa shape index (κ3) is 5.08. The van der Waals surface area contributed by atoms with Gasteiger partial charge < -0.3 is 9.84 Å². The molecule has 1 aromatic heterocycles. The molecule has 3 aromatic rings. The van der Waals surface area contributed by atoms with Gasteiger partial charge in [0.2, 0.25) is 5.91 Å². The second kappa shape index (κ2) is 8.57. The fourth-order valence-electron chi connectivity index (χ4n) is 2.65. The van der Waals surface area contributed by atoms with Crippen LogP contribution in [0.1, 0.15) is 25.1 Å². The van der Waals surface area contributed by atoms with Gasteiger partial charge in [0.15, 0.2) is 15.6 Å². The number of carbonyl (C=O) groups excluding carboxylic acids is 1. The monoisotopic (exact) mass is 416 g/mol. The van der Waals surface area contributed by atoms with Crippen LogP contribution in [-0.2, 0) is 27.6 Å². The summed E-state index contributed by atoms with van der Waals surface area (Å²) >= 11 is 0. The molecule has 0 saturated carbocycles. The van der Waals surface area contributed by atoms with Gasteiger partial charge in [-0.15, -0.1) is 0 Å². The highest BCUT2D eigenvalue weighted by Gasteiger charge is 2.19. The van der Waals surface area contributed by atoms with Crippen molar-refractivity contribution in [2.75, 3.05) is 0 Å². The third-order valence-electron chi connectivity index (χ3n) is 4.39. The number of amides is 1. The molecule has 1 N–H and O–H groups in total. The molecule has 8 heteroatoms. The number of hydrogen-bond donors (Lipinski definition) is 1. The molecule has 29 heavy (non-hydrogen) atoms. The van der Waals surface area contributed by atoms with Gasteiger partial charge in [0, 0.05) is 11.6 Å². The molecule has 0 atom stereocenters. The van der Waals surface area contributed by atoms with Gasteiger partial charge in [0.05, 0.1) is 23.1 Å². The van der Waals surface area contributed by atoms with Gasteiger partial charge in [-0.25, -0.2) is 12.8 Å². The number of nitrogens with zero attached hydrogens (tertiary/aromatic N) is 1. The van der Waals surface area contributed by atoms with E-state index in [2.05, 4.69) is 10.5 Å². The zero-order valence-corrected chi connectivity index (χ0v) is 16.9. The van der Waals surface area contributed by atoms with Gasteiger partial charge in [0.1, 0.15) is 11.5 Å². The summed E-state index contributed by atoms with van der Waals surface area (Å²) in [5.41, 5.74) is 1.93. The Balaban J connectivity index is 1.56. The smallest absolute Gasteiger partial charge is 0.224 e. The van der Waals surface area contributed by atoms with E-state index in [4.69, 9.17) is 4.52 Å². The van der Waals surface area contributed by atoms with E-state index in [1.807, 2.05) is 0 Å². The molecule has 0 aliphatic rings. The van der Waals surface area contributed by atoms with Crippen LogP contribution in [0.3, 0.4) is 0 Å². The summed E-state index contributed by atoms with van der Waals surface area (Å²) in [6.07, 6.45) is 0.116. The Labute approximate surface area is 168 Å². The minimum Gasteiger partial charge on any atom is -0.356 e. The Bertz CT molecular complexity index is 1090. The second-order valence-electron chi connectivity index (χ2n) is 6.88. The maximum absolute atomic E-state index is 13.0. The molecule has 0 radical (unpaired) electrons. The highest BCUT2D eigenvalue weighted by molar-refractivity contribution is 7.92. The Morgan fingerprint density at radius 3 is 2.38 bits per heavy atom. The number of carbonyl (C=O) groups is 1. The lowest BCUT2D eigenvalue weighted by molar-refractivity contribution is -0.120. The van der Waals surface area contributed by atoms with E-state index in [0.29, 0.717) is 22.6 Å². The van der Waals surface area contributed by atoms with E-state index < -0.39 is 15.1 Å². The van der Waals surface area contributed by atoms with Crippen LogP contribution in [0.15, 0.2) is 64.0 Å². The van der Waals surface area contributed by atoms with Crippen LogP contribution in [0, 0.1) is 5.82 Å². The van der Waals surface area contributed by atoms with Crippen molar-refractivity contribution in [3.05, 3.63) is 71.7 Å². The molecule has 1 amide bonds. The summed E-state index contributed by atoms with van der Waals surface area (Å²) in [5, 5.41) is 6.14. The van der Waals surface area contributed by atoms with Crippen molar-refractivity contribution in [3.8, 4) is 11.3 Å². The Morgan fingerprint density at radius 1 is 1.10 bits per heavy atom. The number of hydrogen-bond acceptors (Lipinski definition) is 5. The molecule has 0 aliphatic carbocycles. The molecule has 152 valence electrons. The van der Waals surface area contributed by atoms with E-state index in [9.17, 15) is 17.6 Å². The number of halogens is 1. The molecule has 0 aliphatic heterocycles. The van der Waals surface area contributed by atoms with Gasteiger partial charge in [-0.05, 0) is 55.8 Å². The first-order valence-electron chi connectivity index (χ1n) is 9.07. The lowest BCUT2D eigenvalue weighted by Crippen LogP contribution is -2.24. The molecule has 1 heterocycles. The Hall–Kier alpha value is -3.00. The van der Waals surface area contributed by atoms with Crippen LogP contribution in [0.4, 0.5) is 4.39 Å². The number of rotatable bonds is 7. The molecule has 0 fully saturated rings. The Kier molecular flexibility index (Phi) is 6.12. The second-order valence-corrected chi connectivity index (χ2v) is 9.38. The molecule has 0 bridgehead atoms. The number of aromatic nitrogens is 1. The topological polar surface area (TPSA) is 89.3 Å². The normalized spacial score (nSPS) is 11.6. The lowest BCUT2D eigenvalue weighted by Gasteiger charge is -2.08. The molecule has 0 saturated heterocycles. The van der Waals surface area contributed by atoms with Gasteiger partial charge in [-0.2, -0.15) is 0 Å². The standard InChI is InChI=1S/C21H21FN2O4S/c1-14(2)29(26,27)19-9-3-15(4-10-19)11-21(25)23-13-18-12-20(28-24-18)16-5-7-17(22)8-6-16/h3-10,12,14H,11,13H2,1-2H3,(H,23,25). The van der Waals surface area contributed by atoms with Crippen molar-refractivity contribution < 1.29 is 22.1 Å². The molecule has 3 rings (SSSR count). The van der Waals surface area contributed by atoms with E-state index >= 15 is 0 Å². The summed E-state index contributed by atoms with van der Waals surface area (Å²) in [5.74, 6) is -0.0809. The summed E-state index contributed by atoms with van der Waals surface area (Å²) in [6, 6.07) is 13.8. The maximum Gasteiger partial charge on any atom is 0.224 e. The highest BCUT2D eigenvalue weighted by atomic mass is 32.2. The van der Waals surface area contributed by atoms with Crippen molar-refractivity contribution in [2.24, 2.45) is 0 Å². The fraction of sp³-hybridized carbons (Fsp3) is 0.238. The van der Waals surface area contributed by atoms with Gasteiger partial charge in [0.25, 0.3) is 0 Å². The van der Waals surface area contributed by atoms with Crippen LogP contribution in [0.25, 0.3) is 11.3 Å². The van der Waals surface area contributed by atoms with Crippen LogP contribution in [0.5, 0.6) is 0 Å². The Morgan fingerprint density at radius 2 is 1.76 bits per heavy atom. The van der Waals surface area contributed by atoms with E-state index in [1.165, 1.54) is 24.3 Å². The van der Waals surface area contributed by atoms with Crippen LogP contribution < -0.4 is 5.32 Å². The van der Waals surface area contributed by atoms with Crippen molar-refractivity contribution in [3.63, 3.8) is 0 Å². The van der Waals surface area contributed by atoms with E-state index in [0.717, 1.165) is 0 Å². The molecule has 2 aromatic carbocycles. The van der Waals surface area contributed by atoms with Crippen molar-refractivity contribution >= 4 is 15.7 Å². The zero-order valence-electron chi connectivity index (χ0n) is 16.1. The minimum absolute atomic E-state index is 0.116. The molecule has 0 spiro atoms. The predicted octanol–water partition coefficient (Wildman–Crippen LogP) is 3.52.